The Kier molecular flexibility index (Phi) is 9.68. The summed E-state index contributed by atoms with van der Waals surface area (Å²) >= 11 is 0. The summed E-state index contributed by atoms with van der Waals surface area (Å²) in [4.78, 5) is 38.9. The third kappa shape index (κ3) is 8.31. The SMILES string of the molecule is CC(C)C[C@H](NC(=O)c1cc2cc(C(F)(F)F)ccc2[nH]1)C(=O)N[C@H](C#N)C[C@@H](C)CCNC=O. The molecule has 8 nitrogen and oxygen atoms in total. The van der Waals surface area contributed by atoms with Crippen LogP contribution in [-0.2, 0) is 15.8 Å². The first-order chi connectivity index (χ1) is 16.4. The molecule has 0 radical (unpaired) electrons. The molecule has 1 aromatic carbocycles. The van der Waals surface area contributed by atoms with Gasteiger partial charge in [-0.2, -0.15) is 18.4 Å². The second-order valence-electron chi connectivity index (χ2n) is 9.03. The summed E-state index contributed by atoms with van der Waals surface area (Å²) < 4.78 is 38.9. The lowest BCUT2D eigenvalue weighted by atomic mass is 9.98. The second kappa shape index (κ2) is 12.2. The molecule has 0 unspecified atom stereocenters. The van der Waals surface area contributed by atoms with Crippen molar-refractivity contribution in [3.8, 4) is 6.07 Å². The lowest BCUT2D eigenvalue weighted by Gasteiger charge is -2.23. The Morgan fingerprint density at radius 1 is 1.14 bits per heavy atom. The Labute approximate surface area is 201 Å². The Morgan fingerprint density at radius 2 is 1.86 bits per heavy atom. The van der Waals surface area contributed by atoms with Crippen LogP contribution in [0.1, 0.15) is 56.1 Å². The number of halogens is 3. The van der Waals surface area contributed by atoms with Gasteiger partial charge in [0.2, 0.25) is 12.3 Å². The van der Waals surface area contributed by atoms with Crippen molar-refractivity contribution in [1.82, 2.24) is 20.9 Å². The van der Waals surface area contributed by atoms with E-state index < -0.39 is 35.6 Å². The lowest BCUT2D eigenvalue weighted by molar-refractivity contribution is -0.137. The van der Waals surface area contributed by atoms with Crippen molar-refractivity contribution in [3.05, 3.63) is 35.5 Å². The number of aromatic nitrogens is 1. The van der Waals surface area contributed by atoms with Crippen molar-refractivity contribution >= 4 is 29.1 Å². The van der Waals surface area contributed by atoms with Gasteiger partial charge in [-0.1, -0.05) is 20.8 Å². The van der Waals surface area contributed by atoms with Crippen LogP contribution in [-0.4, -0.2) is 41.8 Å². The van der Waals surface area contributed by atoms with E-state index in [9.17, 15) is 32.8 Å². The molecule has 1 heterocycles. The van der Waals surface area contributed by atoms with Gasteiger partial charge in [0.05, 0.1) is 11.6 Å². The zero-order chi connectivity index (χ0) is 26.2. The maximum Gasteiger partial charge on any atom is 0.416 e. The van der Waals surface area contributed by atoms with Gasteiger partial charge in [-0.25, -0.2) is 0 Å². The van der Waals surface area contributed by atoms with Crippen LogP contribution in [0.15, 0.2) is 24.3 Å². The number of carbonyl (C=O) groups excluding carboxylic acids is 3. The molecule has 190 valence electrons. The Bertz CT molecular complexity index is 1070. The molecule has 3 amide bonds. The summed E-state index contributed by atoms with van der Waals surface area (Å²) in [6.45, 7) is 6.10. The molecule has 11 heteroatoms. The fourth-order valence-electron chi connectivity index (χ4n) is 3.70. The highest BCUT2D eigenvalue weighted by molar-refractivity contribution is 6.00. The largest absolute Gasteiger partial charge is 0.416 e. The minimum Gasteiger partial charge on any atom is -0.359 e. The van der Waals surface area contributed by atoms with Crippen molar-refractivity contribution < 1.29 is 27.6 Å². The molecule has 2 rings (SSSR count). The molecule has 0 spiro atoms. The molecule has 1 aromatic heterocycles. The van der Waals surface area contributed by atoms with Gasteiger partial charge in [0.1, 0.15) is 17.8 Å². The molecule has 0 saturated carbocycles. The number of hydrogen-bond donors (Lipinski definition) is 4. The van der Waals surface area contributed by atoms with E-state index in [-0.39, 0.29) is 22.9 Å². The van der Waals surface area contributed by atoms with Gasteiger partial charge in [0.15, 0.2) is 0 Å². The van der Waals surface area contributed by atoms with Crippen molar-refractivity contribution in [1.29, 1.82) is 5.26 Å². The van der Waals surface area contributed by atoms with Gasteiger partial charge < -0.3 is 20.9 Å². The van der Waals surface area contributed by atoms with Crippen molar-refractivity contribution in [2.75, 3.05) is 6.54 Å². The zero-order valence-electron chi connectivity index (χ0n) is 19.8. The minimum atomic E-state index is -4.51. The molecule has 2 aromatic rings. The topological polar surface area (TPSA) is 127 Å². The summed E-state index contributed by atoms with van der Waals surface area (Å²) in [5, 5.41) is 17.5. The molecule has 0 aliphatic carbocycles. The smallest absolute Gasteiger partial charge is 0.359 e. The number of nitrogens with one attached hydrogen (secondary N) is 4. The van der Waals surface area contributed by atoms with Gasteiger partial charge in [0, 0.05) is 17.4 Å². The molecule has 0 fully saturated rings. The highest BCUT2D eigenvalue weighted by atomic mass is 19.4. The Hall–Kier alpha value is -3.55. The summed E-state index contributed by atoms with van der Waals surface area (Å²) in [5.74, 6) is -1.07. The van der Waals surface area contributed by atoms with Gasteiger partial charge in [-0.3, -0.25) is 14.4 Å². The highest BCUT2D eigenvalue weighted by Gasteiger charge is 2.31. The first-order valence-electron chi connectivity index (χ1n) is 11.3. The van der Waals surface area contributed by atoms with Crippen LogP contribution in [0.3, 0.4) is 0 Å². The van der Waals surface area contributed by atoms with Crippen LogP contribution in [0.5, 0.6) is 0 Å². The monoisotopic (exact) mass is 493 g/mol. The quantitative estimate of drug-likeness (QED) is 0.267. The molecule has 3 atom stereocenters. The average Bonchev–Trinajstić information content (AvgIpc) is 3.21. The zero-order valence-corrected chi connectivity index (χ0v) is 19.8. The average molecular weight is 494 g/mol. The van der Waals surface area contributed by atoms with E-state index in [4.69, 9.17) is 0 Å². The van der Waals surface area contributed by atoms with Gasteiger partial charge in [0.25, 0.3) is 5.91 Å². The number of benzene rings is 1. The Balaban J connectivity index is 2.11. The highest BCUT2D eigenvalue weighted by Crippen LogP contribution is 2.31. The first-order valence-corrected chi connectivity index (χ1v) is 11.3. The van der Waals surface area contributed by atoms with E-state index >= 15 is 0 Å². The van der Waals surface area contributed by atoms with Crippen LogP contribution in [0.2, 0.25) is 0 Å². The molecule has 0 saturated heterocycles. The molecular formula is C24H30F3N5O3. The van der Waals surface area contributed by atoms with E-state index in [0.717, 1.165) is 12.1 Å². The lowest BCUT2D eigenvalue weighted by Crippen LogP contribution is -2.50. The van der Waals surface area contributed by atoms with Gasteiger partial charge in [-0.15, -0.1) is 0 Å². The van der Waals surface area contributed by atoms with E-state index in [1.165, 1.54) is 12.1 Å². The number of aromatic amines is 1. The van der Waals surface area contributed by atoms with Crippen LogP contribution in [0.25, 0.3) is 10.9 Å². The molecular weight excluding hydrogens is 463 g/mol. The van der Waals surface area contributed by atoms with E-state index in [1.54, 1.807) is 0 Å². The molecule has 0 aliphatic rings. The molecule has 35 heavy (non-hydrogen) atoms. The van der Waals surface area contributed by atoms with Gasteiger partial charge in [-0.05, 0) is 55.4 Å². The second-order valence-corrected chi connectivity index (χ2v) is 9.03. The number of nitrogens with zero attached hydrogens (tertiary/aromatic N) is 1. The first kappa shape index (κ1) is 27.7. The standard InChI is InChI=1S/C24H30F3N5O3/c1-14(2)8-20(22(34)30-18(12-28)9-15(3)6-7-29-13-33)32-23(35)21-11-16-10-17(24(25,26)27)4-5-19(16)31-21/h4-5,10-11,13-15,18,20,31H,6-9H2,1-3H3,(H,29,33)(H,30,34)(H,32,35)/t15-,18-,20-/m0/s1. The van der Waals surface area contributed by atoms with Crippen LogP contribution in [0.4, 0.5) is 13.2 Å². The van der Waals surface area contributed by atoms with E-state index in [0.29, 0.717) is 37.7 Å². The fourth-order valence-corrected chi connectivity index (χ4v) is 3.70. The molecule has 0 bridgehead atoms. The number of H-pyrrole nitrogens is 1. The number of nitriles is 1. The van der Waals surface area contributed by atoms with Crippen LogP contribution in [0, 0.1) is 23.2 Å². The van der Waals surface area contributed by atoms with Crippen LogP contribution >= 0.6 is 0 Å². The predicted octanol–water partition coefficient (Wildman–Crippen LogP) is 3.50. The summed E-state index contributed by atoms with van der Waals surface area (Å²) in [5.41, 5.74) is -0.448. The summed E-state index contributed by atoms with van der Waals surface area (Å²) in [6.07, 6.45) is -2.61. The summed E-state index contributed by atoms with van der Waals surface area (Å²) in [7, 11) is 0. The number of alkyl halides is 3. The minimum absolute atomic E-state index is 0.0222. The van der Waals surface area contributed by atoms with Crippen LogP contribution < -0.4 is 16.0 Å². The number of fused-ring (bicyclic) bond motifs is 1. The Morgan fingerprint density at radius 3 is 2.46 bits per heavy atom. The third-order valence-electron chi connectivity index (χ3n) is 5.50. The molecule has 0 aliphatic heterocycles. The number of hydrogen-bond acceptors (Lipinski definition) is 4. The third-order valence-corrected chi connectivity index (χ3v) is 5.50. The maximum atomic E-state index is 13.0. The normalized spacial score (nSPS) is 14.1. The van der Waals surface area contributed by atoms with Gasteiger partial charge >= 0.3 is 6.18 Å². The van der Waals surface area contributed by atoms with Crippen molar-refractivity contribution in [3.63, 3.8) is 0 Å². The van der Waals surface area contributed by atoms with Crippen molar-refractivity contribution in [2.45, 2.75) is 58.3 Å². The number of amides is 3. The number of rotatable bonds is 12. The fraction of sp³-hybridized carbons (Fsp3) is 0.500. The maximum absolute atomic E-state index is 13.0. The van der Waals surface area contributed by atoms with E-state index in [2.05, 4.69) is 20.9 Å². The molecule has 4 N–H and O–H groups in total. The van der Waals surface area contributed by atoms with Crippen molar-refractivity contribution in [2.24, 2.45) is 11.8 Å². The van der Waals surface area contributed by atoms with E-state index in [1.807, 2.05) is 26.8 Å². The summed E-state index contributed by atoms with van der Waals surface area (Å²) in [6, 6.07) is 4.75. The number of carbonyl (C=O) groups is 3. The predicted molar refractivity (Wildman–Crippen MR) is 124 cm³/mol.